The van der Waals surface area contributed by atoms with E-state index in [1.807, 2.05) is 41.3 Å². The van der Waals surface area contributed by atoms with Crippen molar-refractivity contribution in [3.8, 4) is 17.0 Å². The van der Waals surface area contributed by atoms with Gasteiger partial charge in [0.15, 0.2) is 5.75 Å². The van der Waals surface area contributed by atoms with Crippen LogP contribution in [-0.2, 0) is 19.1 Å². The Bertz CT molecular complexity index is 1620. The minimum absolute atomic E-state index is 0.165. The number of carbonyl (C=O) groups is 3. The number of carbonyl (C=O) groups excluding carboxylic acids is 3. The van der Waals surface area contributed by atoms with Gasteiger partial charge >= 0.3 is 12.1 Å². The number of amides is 2. The molecule has 2 amide bonds. The molecular formula is C32H38ClN6O6P. The number of benzene rings is 1. The molecule has 244 valence electrons. The molecule has 1 aromatic carbocycles. The molecule has 2 aromatic heterocycles. The molecule has 0 radical (unpaired) electrons. The van der Waals surface area contributed by atoms with Gasteiger partial charge in [-0.15, -0.1) is 9.24 Å². The summed E-state index contributed by atoms with van der Waals surface area (Å²) >= 11 is 6.27. The maximum Gasteiger partial charge on any atom is 0.411 e. The summed E-state index contributed by atoms with van der Waals surface area (Å²) in [6.45, 7) is 7.74. The lowest BCUT2D eigenvalue weighted by Crippen LogP contribution is -2.59. The minimum Gasteiger partial charge on any atom is -0.488 e. The largest absolute Gasteiger partial charge is 0.488 e. The number of methoxy groups -OCH3 is 1. The van der Waals surface area contributed by atoms with Crippen LogP contribution in [-0.4, -0.2) is 95.8 Å². The molecule has 5 rings (SSSR count). The van der Waals surface area contributed by atoms with E-state index >= 15 is 0 Å². The molecule has 46 heavy (non-hydrogen) atoms. The first-order valence-corrected chi connectivity index (χ1v) is 15.9. The predicted molar refractivity (Wildman–Crippen MR) is 179 cm³/mol. The maximum absolute atomic E-state index is 13.0. The topological polar surface area (TPSA) is 126 Å². The zero-order chi connectivity index (χ0) is 33.0. The second kappa shape index (κ2) is 14.2. The first kappa shape index (κ1) is 33.4. The van der Waals surface area contributed by atoms with E-state index in [-0.39, 0.29) is 25.4 Å². The minimum atomic E-state index is -0.830. The van der Waals surface area contributed by atoms with E-state index in [0.717, 1.165) is 27.9 Å². The Morgan fingerprint density at radius 3 is 2.67 bits per heavy atom. The first-order valence-electron chi connectivity index (χ1n) is 14.9. The number of esters is 1. The molecule has 0 spiro atoms. The van der Waals surface area contributed by atoms with Crippen molar-refractivity contribution in [3.63, 3.8) is 0 Å². The summed E-state index contributed by atoms with van der Waals surface area (Å²) in [5.41, 5.74) is 2.64. The van der Waals surface area contributed by atoms with Crippen molar-refractivity contribution in [2.45, 2.75) is 38.8 Å². The Kier molecular flexibility index (Phi) is 10.3. The third-order valence-corrected chi connectivity index (χ3v) is 8.28. The van der Waals surface area contributed by atoms with Gasteiger partial charge in [0, 0.05) is 61.1 Å². The summed E-state index contributed by atoms with van der Waals surface area (Å²) in [5, 5.41) is 4.49. The van der Waals surface area contributed by atoms with Crippen LogP contribution in [0.3, 0.4) is 0 Å². The smallest absolute Gasteiger partial charge is 0.411 e. The molecule has 1 fully saturated rings. The highest BCUT2D eigenvalue weighted by Gasteiger charge is 2.38. The van der Waals surface area contributed by atoms with Crippen LogP contribution in [0.5, 0.6) is 5.75 Å². The van der Waals surface area contributed by atoms with E-state index in [4.69, 9.17) is 25.8 Å². The lowest BCUT2D eigenvalue weighted by molar-refractivity contribution is -0.149. The molecular weight excluding hydrogens is 631 g/mol. The van der Waals surface area contributed by atoms with Crippen LogP contribution in [0.15, 0.2) is 48.8 Å². The van der Waals surface area contributed by atoms with Gasteiger partial charge in [-0.05, 0) is 50.3 Å². The predicted octanol–water partition coefficient (Wildman–Crippen LogP) is 4.25. The fourth-order valence-electron chi connectivity index (χ4n) is 5.33. The molecule has 14 heteroatoms. The van der Waals surface area contributed by atoms with Crippen LogP contribution < -0.4 is 20.3 Å². The Balaban J connectivity index is 1.23. The highest BCUT2D eigenvalue weighted by molar-refractivity contribution is 7.28. The number of hydrogen-bond acceptors (Lipinski definition) is 10. The molecule has 2 aliphatic rings. The van der Waals surface area contributed by atoms with Crippen molar-refractivity contribution >= 4 is 61.3 Å². The molecule has 1 saturated heterocycles. The molecule has 2 atom stereocenters. The first-order chi connectivity index (χ1) is 21.9. The molecule has 1 N–H and O–H groups in total. The summed E-state index contributed by atoms with van der Waals surface area (Å²) in [5.74, 6) is 0.308. The molecule has 12 nitrogen and oxygen atoms in total. The second-order valence-corrected chi connectivity index (χ2v) is 13.0. The molecule has 0 bridgehead atoms. The standard InChI is InChI=1S/C32H38ClN6O6P/c1-32(2,3)45-31(42)39-12-11-37(19-25(39)30(41)43-4)10-8-29(40)36-28-16-21(7-9-34-28)38-13-14-44-26-18-35-23(17-24(26)38)22-15-20(33)5-6-27(22)46/h5-7,9,15-18,25H,8,10-14,19,46H2,1-4H3,(H,34,36,40). The van der Waals surface area contributed by atoms with Crippen molar-refractivity contribution < 1.29 is 28.6 Å². The highest BCUT2D eigenvalue weighted by atomic mass is 35.5. The fourth-order valence-corrected chi connectivity index (χ4v) is 5.83. The molecule has 3 aromatic rings. The SMILES string of the molecule is COC(=O)C1CN(CCC(=O)Nc2cc(N3CCOc4cnc(-c5cc(Cl)ccc5P)cc43)ccn2)CCN1C(=O)OC(C)(C)C. The van der Waals surface area contributed by atoms with Gasteiger partial charge in [0.1, 0.15) is 24.1 Å². The van der Waals surface area contributed by atoms with Gasteiger partial charge in [-0.1, -0.05) is 17.7 Å². The third kappa shape index (κ3) is 8.04. The molecule has 2 aliphatic heterocycles. The molecule has 4 heterocycles. The Labute approximate surface area is 275 Å². The number of aromatic nitrogens is 2. The van der Waals surface area contributed by atoms with Crippen LogP contribution in [0.1, 0.15) is 27.2 Å². The zero-order valence-electron chi connectivity index (χ0n) is 26.3. The lowest BCUT2D eigenvalue weighted by Gasteiger charge is -2.40. The van der Waals surface area contributed by atoms with Crippen LogP contribution in [0.2, 0.25) is 5.02 Å². The van der Waals surface area contributed by atoms with E-state index in [1.165, 1.54) is 12.0 Å². The molecule has 0 saturated carbocycles. The van der Waals surface area contributed by atoms with E-state index in [0.29, 0.717) is 42.8 Å². The van der Waals surface area contributed by atoms with Crippen molar-refractivity contribution in [2.24, 2.45) is 0 Å². The van der Waals surface area contributed by atoms with Gasteiger partial charge in [-0.25, -0.2) is 14.6 Å². The van der Waals surface area contributed by atoms with Gasteiger partial charge in [0.2, 0.25) is 5.91 Å². The molecule has 0 aliphatic carbocycles. The van der Waals surface area contributed by atoms with Crippen molar-refractivity contribution in [1.82, 2.24) is 19.8 Å². The summed E-state index contributed by atoms with van der Waals surface area (Å²) in [6.07, 6.45) is 2.96. The number of halogens is 1. The van der Waals surface area contributed by atoms with Gasteiger partial charge in [-0.3, -0.25) is 19.6 Å². The average molecular weight is 669 g/mol. The van der Waals surface area contributed by atoms with E-state index in [1.54, 1.807) is 33.2 Å². The van der Waals surface area contributed by atoms with Crippen LogP contribution in [0.25, 0.3) is 11.3 Å². The monoisotopic (exact) mass is 668 g/mol. The number of ether oxygens (including phenoxy) is 3. The van der Waals surface area contributed by atoms with Gasteiger partial charge < -0.3 is 24.4 Å². The summed E-state index contributed by atoms with van der Waals surface area (Å²) < 4.78 is 16.3. The van der Waals surface area contributed by atoms with E-state index < -0.39 is 23.7 Å². The number of rotatable bonds is 7. The van der Waals surface area contributed by atoms with Crippen molar-refractivity contribution in [3.05, 3.63) is 53.8 Å². The summed E-state index contributed by atoms with van der Waals surface area (Å²) in [6, 6.07) is 10.5. The number of anilines is 3. The number of fused-ring (bicyclic) bond motifs is 1. The fraction of sp³-hybridized carbons (Fsp3) is 0.406. The number of piperazine rings is 1. The average Bonchev–Trinajstić information content (AvgIpc) is 3.03. The number of pyridine rings is 2. The normalized spacial score (nSPS) is 16.7. The lowest BCUT2D eigenvalue weighted by atomic mass is 10.1. The number of nitrogens with zero attached hydrogens (tertiary/aromatic N) is 5. The van der Waals surface area contributed by atoms with Crippen molar-refractivity contribution in [1.29, 1.82) is 0 Å². The van der Waals surface area contributed by atoms with Gasteiger partial charge in [-0.2, -0.15) is 0 Å². The Hall–Kier alpha value is -3.99. The Morgan fingerprint density at radius 2 is 1.91 bits per heavy atom. The molecule has 2 unspecified atom stereocenters. The Morgan fingerprint density at radius 1 is 1.11 bits per heavy atom. The summed E-state index contributed by atoms with van der Waals surface area (Å²) in [7, 11) is 4.00. The van der Waals surface area contributed by atoms with Gasteiger partial charge in [0.05, 0.1) is 31.2 Å². The van der Waals surface area contributed by atoms with E-state index in [9.17, 15) is 14.4 Å². The second-order valence-electron chi connectivity index (χ2n) is 12.0. The maximum atomic E-state index is 13.0. The quantitative estimate of drug-likeness (QED) is 0.288. The van der Waals surface area contributed by atoms with Crippen molar-refractivity contribution in [2.75, 3.05) is 56.7 Å². The number of hydrogen-bond donors (Lipinski definition) is 1. The van der Waals surface area contributed by atoms with Crippen LogP contribution >= 0.6 is 20.8 Å². The zero-order valence-corrected chi connectivity index (χ0v) is 28.2. The van der Waals surface area contributed by atoms with Gasteiger partial charge in [0.25, 0.3) is 0 Å². The third-order valence-electron chi connectivity index (χ3n) is 7.54. The van der Waals surface area contributed by atoms with Crippen LogP contribution in [0.4, 0.5) is 22.0 Å². The highest BCUT2D eigenvalue weighted by Crippen LogP contribution is 2.39. The van der Waals surface area contributed by atoms with E-state index in [2.05, 4.69) is 29.4 Å². The number of nitrogens with one attached hydrogen (secondary N) is 1. The summed E-state index contributed by atoms with van der Waals surface area (Å²) in [4.78, 5) is 52.7. The van der Waals surface area contributed by atoms with Crippen LogP contribution in [0, 0.1) is 0 Å².